The van der Waals surface area contributed by atoms with Gasteiger partial charge in [0.25, 0.3) is 0 Å². The average molecular weight is 415 g/mol. The molecular formula is C18H13ClF2O5S. The van der Waals surface area contributed by atoms with Crippen molar-refractivity contribution in [3.05, 3.63) is 58.1 Å². The molecule has 27 heavy (non-hydrogen) atoms. The molecule has 5 nitrogen and oxygen atoms in total. The van der Waals surface area contributed by atoms with Crippen molar-refractivity contribution < 1.29 is 31.5 Å². The van der Waals surface area contributed by atoms with Crippen LogP contribution in [0.3, 0.4) is 0 Å². The molecule has 0 atom stereocenters. The van der Waals surface area contributed by atoms with Crippen molar-refractivity contribution in [2.45, 2.75) is 4.90 Å². The van der Waals surface area contributed by atoms with Crippen LogP contribution in [0.1, 0.15) is 11.1 Å². The van der Waals surface area contributed by atoms with Gasteiger partial charge in [0.1, 0.15) is 28.9 Å². The van der Waals surface area contributed by atoms with Gasteiger partial charge in [0.2, 0.25) is 0 Å². The molecule has 0 aliphatic carbocycles. The van der Waals surface area contributed by atoms with E-state index in [4.69, 9.17) is 21.1 Å². The topological polar surface area (TPSA) is 69.7 Å². The minimum Gasteiger partial charge on any atom is -0.495 e. The van der Waals surface area contributed by atoms with Crippen LogP contribution in [0.2, 0.25) is 5.02 Å². The number of benzene rings is 2. The molecule has 0 fully saturated rings. The molecule has 1 aliphatic rings. The van der Waals surface area contributed by atoms with Gasteiger partial charge in [-0.3, -0.25) is 0 Å². The maximum atomic E-state index is 14.2. The van der Waals surface area contributed by atoms with E-state index in [1.165, 1.54) is 13.2 Å². The molecule has 0 saturated heterocycles. The van der Waals surface area contributed by atoms with Gasteiger partial charge in [-0.05, 0) is 35.4 Å². The molecule has 0 amide bonds. The Kier molecular flexibility index (Phi) is 4.96. The summed E-state index contributed by atoms with van der Waals surface area (Å²) in [5.74, 6) is -2.78. The second kappa shape index (κ2) is 6.94. The van der Waals surface area contributed by atoms with E-state index in [-0.39, 0.29) is 28.3 Å². The predicted octanol–water partition coefficient (Wildman–Crippen LogP) is 3.50. The first-order valence-corrected chi connectivity index (χ1v) is 9.84. The molecule has 142 valence electrons. The summed E-state index contributed by atoms with van der Waals surface area (Å²) in [6, 6.07) is 6.30. The third-order valence-electron chi connectivity index (χ3n) is 4.01. The number of esters is 1. The Labute approximate surface area is 159 Å². The lowest BCUT2D eigenvalue weighted by Gasteiger charge is -2.09. The van der Waals surface area contributed by atoms with Crippen LogP contribution in [0.5, 0.6) is 5.75 Å². The fourth-order valence-electron chi connectivity index (χ4n) is 2.84. The minimum absolute atomic E-state index is 0.00481. The fraction of sp³-hybridized carbons (Fsp3) is 0.167. The third-order valence-corrected chi connectivity index (χ3v) is 5.44. The van der Waals surface area contributed by atoms with Crippen molar-refractivity contribution in [3.63, 3.8) is 0 Å². The van der Waals surface area contributed by atoms with E-state index < -0.39 is 32.3 Å². The van der Waals surface area contributed by atoms with Gasteiger partial charge in [0, 0.05) is 11.8 Å². The molecule has 1 aliphatic heterocycles. The zero-order valence-electron chi connectivity index (χ0n) is 14.2. The summed E-state index contributed by atoms with van der Waals surface area (Å²) in [5, 5.41) is 0.242. The Morgan fingerprint density at radius 3 is 2.26 bits per heavy atom. The SMILES string of the molecule is COc1ccc(C2=C(c3cc(F)c(S(C)(=O)=O)c(F)c3)COC2=O)cc1Cl. The van der Waals surface area contributed by atoms with E-state index in [0.717, 1.165) is 12.1 Å². The standard InChI is InChI=1S/C18H13ClF2O5S/c1-25-15-4-3-9(5-12(15)19)16-11(8-26-18(16)22)10-6-13(20)17(14(21)7-10)27(2,23)24/h3-7H,8H2,1-2H3. The van der Waals surface area contributed by atoms with E-state index in [1.54, 1.807) is 12.1 Å². The van der Waals surface area contributed by atoms with Crippen molar-refractivity contribution in [2.24, 2.45) is 0 Å². The highest BCUT2D eigenvalue weighted by molar-refractivity contribution is 7.90. The molecule has 0 radical (unpaired) electrons. The maximum absolute atomic E-state index is 14.2. The number of sulfone groups is 1. The van der Waals surface area contributed by atoms with Crippen LogP contribution >= 0.6 is 11.6 Å². The van der Waals surface area contributed by atoms with Crippen molar-refractivity contribution in [1.82, 2.24) is 0 Å². The van der Waals surface area contributed by atoms with E-state index in [0.29, 0.717) is 17.6 Å². The second-order valence-corrected chi connectivity index (χ2v) is 8.18. The number of hydrogen-bond donors (Lipinski definition) is 0. The molecule has 0 N–H and O–H groups in total. The number of carbonyl (C=O) groups excluding carboxylic acids is 1. The van der Waals surface area contributed by atoms with E-state index in [2.05, 4.69) is 0 Å². The van der Waals surface area contributed by atoms with Crippen molar-refractivity contribution >= 4 is 38.6 Å². The smallest absolute Gasteiger partial charge is 0.339 e. The van der Waals surface area contributed by atoms with Crippen molar-refractivity contribution in [2.75, 3.05) is 20.0 Å². The summed E-state index contributed by atoms with van der Waals surface area (Å²) in [6.07, 6.45) is 0.709. The Hall–Kier alpha value is -2.45. The summed E-state index contributed by atoms with van der Waals surface area (Å²) >= 11 is 6.08. The van der Waals surface area contributed by atoms with Crippen molar-refractivity contribution in [1.29, 1.82) is 0 Å². The first-order chi connectivity index (χ1) is 12.6. The molecule has 0 bridgehead atoms. The minimum atomic E-state index is -4.09. The van der Waals surface area contributed by atoms with Crippen LogP contribution in [-0.4, -0.2) is 34.4 Å². The normalized spacial score (nSPS) is 14.5. The summed E-state index contributed by atoms with van der Waals surface area (Å²) in [7, 11) is -2.65. The zero-order chi connectivity index (χ0) is 19.9. The van der Waals surface area contributed by atoms with Crippen LogP contribution < -0.4 is 4.74 Å². The number of methoxy groups -OCH3 is 1. The second-order valence-electron chi connectivity index (χ2n) is 5.82. The molecule has 3 rings (SSSR count). The Bertz CT molecular complexity index is 1070. The largest absolute Gasteiger partial charge is 0.495 e. The van der Waals surface area contributed by atoms with E-state index >= 15 is 0 Å². The summed E-state index contributed by atoms with van der Waals surface area (Å²) < 4.78 is 61.6. The van der Waals surface area contributed by atoms with Crippen LogP contribution in [0, 0.1) is 11.6 Å². The first-order valence-electron chi connectivity index (χ1n) is 7.57. The first kappa shape index (κ1) is 19.3. The molecule has 0 spiro atoms. The summed E-state index contributed by atoms with van der Waals surface area (Å²) in [6.45, 7) is -0.213. The van der Waals surface area contributed by atoms with Gasteiger partial charge in [-0.2, -0.15) is 0 Å². The van der Waals surface area contributed by atoms with Crippen molar-refractivity contribution in [3.8, 4) is 5.75 Å². The van der Waals surface area contributed by atoms with Crippen LogP contribution in [-0.2, 0) is 19.4 Å². The quantitative estimate of drug-likeness (QED) is 0.716. The number of carbonyl (C=O) groups is 1. The Morgan fingerprint density at radius 2 is 1.74 bits per heavy atom. The van der Waals surface area contributed by atoms with Gasteiger partial charge in [-0.15, -0.1) is 0 Å². The Morgan fingerprint density at radius 1 is 1.11 bits per heavy atom. The highest BCUT2D eigenvalue weighted by Crippen LogP contribution is 2.37. The number of hydrogen-bond acceptors (Lipinski definition) is 5. The number of halogens is 3. The van der Waals surface area contributed by atoms with Crippen LogP contribution in [0.25, 0.3) is 11.1 Å². The Balaban J connectivity index is 2.20. The third kappa shape index (κ3) is 3.54. The summed E-state index contributed by atoms with van der Waals surface area (Å²) in [4.78, 5) is 11.2. The lowest BCUT2D eigenvalue weighted by molar-refractivity contribution is -0.133. The lowest BCUT2D eigenvalue weighted by atomic mass is 9.96. The molecule has 2 aromatic carbocycles. The number of ether oxygens (including phenoxy) is 2. The zero-order valence-corrected chi connectivity index (χ0v) is 15.7. The van der Waals surface area contributed by atoms with Gasteiger partial charge in [0.15, 0.2) is 9.84 Å². The van der Waals surface area contributed by atoms with Gasteiger partial charge in [0.05, 0.1) is 17.7 Å². The number of cyclic esters (lactones) is 1. The van der Waals surface area contributed by atoms with E-state index in [1.807, 2.05) is 0 Å². The van der Waals surface area contributed by atoms with Crippen LogP contribution in [0.15, 0.2) is 35.2 Å². The average Bonchev–Trinajstić information content (AvgIpc) is 2.94. The predicted molar refractivity (Wildman–Crippen MR) is 95.2 cm³/mol. The van der Waals surface area contributed by atoms with E-state index in [9.17, 15) is 22.0 Å². The highest BCUT2D eigenvalue weighted by atomic mass is 35.5. The summed E-state index contributed by atoms with van der Waals surface area (Å²) in [5.41, 5.74) is 0.695. The lowest BCUT2D eigenvalue weighted by Crippen LogP contribution is -2.06. The molecular weight excluding hydrogens is 402 g/mol. The van der Waals surface area contributed by atoms with Gasteiger partial charge < -0.3 is 9.47 Å². The maximum Gasteiger partial charge on any atom is 0.339 e. The molecule has 2 aromatic rings. The molecule has 9 heteroatoms. The fourth-order valence-corrected chi connectivity index (χ4v) is 3.92. The van der Waals surface area contributed by atoms with Gasteiger partial charge in [-0.25, -0.2) is 22.0 Å². The van der Waals surface area contributed by atoms with Crippen LogP contribution in [0.4, 0.5) is 8.78 Å². The molecule has 0 aromatic heterocycles. The van der Waals surface area contributed by atoms with Gasteiger partial charge >= 0.3 is 5.97 Å². The molecule has 0 unspecified atom stereocenters. The highest BCUT2D eigenvalue weighted by Gasteiger charge is 2.30. The number of rotatable bonds is 4. The monoisotopic (exact) mass is 414 g/mol. The molecule has 1 heterocycles. The molecule has 0 saturated carbocycles. The van der Waals surface area contributed by atoms with Gasteiger partial charge in [-0.1, -0.05) is 17.7 Å².